The first kappa shape index (κ1) is 16.6. The normalized spacial score (nSPS) is 16.0. The van der Waals surface area contributed by atoms with Gasteiger partial charge in [-0.3, -0.25) is 9.69 Å². The summed E-state index contributed by atoms with van der Waals surface area (Å²) in [4.78, 5) is 16.5. The third kappa shape index (κ3) is 3.97. The topological polar surface area (TPSA) is 23.6 Å². The highest BCUT2D eigenvalue weighted by Gasteiger charge is 2.20. The lowest BCUT2D eigenvalue weighted by Gasteiger charge is -2.22. The fourth-order valence-electron chi connectivity index (χ4n) is 2.99. The van der Waals surface area contributed by atoms with Crippen molar-refractivity contribution in [3.05, 3.63) is 71.3 Å². The lowest BCUT2D eigenvalue weighted by molar-refractivity contribution is 0.0761. The van der Waals surface area contributed by atoms with Gasteiger partial charge in [-0.2, -0.15) is 0 Å². The van der Waals surface area contributed by atoms with Gasteiger partial charge in [0.1, 0.15) is 0 Å². The van der Waals surface area contributed by atoms with Crippen molar-refractivity contribution >= 4 is 5.91 Å². The number of hydrogen-bond donors (Lipinski definition) is 0. The maximum absolute atomic E-state index is 13.3. The van der Waals surface area contributed by atoms with Gasteiger partial charge in [0.25, 0.3) is 5.91 Å². The van der Waals surface area contributed by atoms with Gasteiger partial charge in [-0.15, -0.1) is 0 Å². The van der Waals surface area contributed by atoms with Gasteiger partial charge in [-0.25, -0.2) is 8.78 Å². The number of amides is 1. The zero-order valence-electron chi connectivity index (χ0n) is 13.4. The van der Waals surface area contributed by atoms with Crippen LogP contribution in [0.3, 0.4) is 0 Å². The standard InChI is InChI=1S/C19H20F2N2O/c20-17-8-7-15(13-18(17)21)14-22-9-4-10-23(12-11-22)19(24)16-5-2-1-3-6-16/h1-3,5-8,13H,4,9-12,14H2. The Bertz CT molecular complexity index is 706. The molecule has 0 radical (unpaired) electrons. The summed E-state index contributed by atoms with van der Waals surface area (Å²) in [7, 11) is 0. The molecule has 0 unspecified atom stereocenters. The van der Waals surface area contributed by atoms with E-state index in [9.17, 15) is 13.6 Å². The van der Waals surface area contributed by atoms with Crippen LogP contribution in [-0.4, -0.2) is 41.9 Å². The third-order valence-corrected chi connectivity index (χ3v) is 4.29. The minimum atomic E-state index is -0.825. The smallest absolute Gasteiger partial charge is 0.253 e. The number of carbonyl (C=O) groups is 1. The second-order valence-corrected chi connectivity index (χ2v) is 6.04. The van der Waals surface area contributed by atoms with Crippen molar-refractivity contribution < 1.29 is 13.6 Å². The Morgan fingerprint density at radius 3 is 2.46 bits per heavy atom. The Morgan fingerprint density at radius 2 is 1.71 bits per heavy atom. The van der Waals surface area contributed by atoms with Crippen molar-refractivity contribution in [1.82, 2.24) is 9.80 Å². The van der Waals surface area contributed by atoms with E-state index in [-0.39, 0.29) is 5.91 Å². The number of hydrogen-bond acceptors (Lipinski definition) is 2. The molecule has 0 N–H and O–H groups in total. The lowest BCUT2D eigenvalue weighted by Crippen LogP contribution is -2.35. The molecule has 126 valence electrons. The minimum Gasteiger partial charge on any atom is -0.337 e. The van der Waals surface area contributed by atoms with Crippen LogP contribution in [0.1, 0.15) is 22.3 Å². The Labute approximate surface area is 140 Å². The van der Waals surface area contributed by atoms with E-state index in [0.29, 0.717) is 25.2 Å². The molecule has 0 bridgehead atoms. The molecule has 5 heteroatoms. The van der Waals surface area contributed by atoms with Crippen LogP contribution in [-0.2, 0) is 6.54 Å². The fraction of sp³-hybridized carbons (Fsp3) is 0.316. The zero-order valence-corrected chi connectivity index (χ0v) is 13.4. The van der Waals surface area contributed by atoms with Crippen LogP contribution in [0.2, 0.25) is 0 Å². The van der Waals surface area contributed by atoms with Crippen molar-refractivity contribution in [2.24, 2.45) is 0 Å². The summed E-state index contributed by atoms with van der Waals surface area (Å²) in [5, 5.41) is 0. The SMILES string of the molecule is O=C(c1ccccc1)N1CCCN(Cc2ccc(F)c(F)c2)CC1. The van der Waals surface area contributed by atoms with Gasteiger partial charge in [0.05, 0.1) is 0 Å². The number of halogens is 2. The van der Waals surface area contributed by atoms with Gasteiger partial charge in [-0.05, 0) is 36.2 Å². The third-order valence-electron chi connectivity index (χ3n) is 4.29. The van der Waals surface area contributed by atoms with E-state index >= 15 is 0 Å². The molecular weight excluding hydrogens is 310 g/mol. The minimum absolute atomic E-state index is 0.0466. The van der Waals surface area contributed by atoms with Crippen LogP contribution in [0, 0.1) is 11.6 Å². The Morgan fingerprint density at radius 1 is 0.917 bits per heavy atom. The second kappa shape index (κ2) is 7.53. The van der Waals surface area contributed by atoms with Gasteiger partial charge in [-0.1, -0.05) is 24.3 Å². The lowest BCUT2D eigenvalue weighted by atomic mass is 10.2. The number of nitrogens with zero attached hydrogens (tertiary/aromatic N) is 2. The van der Waals surface area contributed by atoms with Crippen molar-refractivity contribution in [3.8, 4) is 0 Å². The molecule has 1 aliphatic heterocycles. The van der Waals surface area contributed by atoms with E-state index in [1.807, 2.05) is 35.2 Å². The molecular formula is C19H20F2N2O. The summed E-state index contributed by atoms with van der Waals surface area (Å²) in [6, 6.07) is 13.3. The van der Waals surface area contributed by atoms with Crippen LogP contribution in [0.25, 0.3) is 0 Å². The molecule has 0 aliphatic carbocycles. The van der Waals surface area contributed by atoms with Crippen LogP contribution in [0.15, 0.2) is 48.5 Å². The summed E-state index contributed by atoms with van der Waals surface area (Å²) >= 11 is 0. The number of carbonyl (C=O) groups excluding carboxylic acids is 1. The second-order valence-electron chi connectivity index (χ2n) is 6.04. The van der Waals surface area contributed by atoms with Crippen LogP contribution < -0.4 is 0 Å². The Hall–Kier alpha value is -2.27. The average molecular weight is 330 g/mol. The molecule has 3 rings (SSSR count). The molecule has 2 aromatic carbocycles. The highest BCUT2D eigenvalue weighted by atomic mass is 19.2. The fourth-order valence-corrected chi connectivity index (χ4v) is 2.99. The largest absolute Gasteiger partial charge is 0.337 e. The maximum atomic E-state index is 13.3. The monoisotopic (exact) mass is 330 g/mol. The van der Waals surface area contributed by atoms with Crippen LogP contribution in [0.4, 0.5) is 8.78 Å². The maximum Gasteiger partial charge on any atom is 0.253 e. The van der Waals surface area contributed by atoms with E-state index in [1.54, 1.807) is 6.07 Å². The first-order valence-corrected chi connectivity index (χ1v) is 8.14. The van der Waals surface area contributed by atoms with Gasteiger partial charge in [0.15, 0.2) is 11.6 Å². The highest BCUT2D eigenvalue weighted by Crippen LogP contribution is 2.14. The van der Waals surface area contributed by atoms with E-state index in [0.717, 1.165) is 31.1 Å². The molecule has 0 aromatic heterocycles. The van der Waals surface area contributed by atoms with Gasteiger partial charge < -0.3 is 4.90 Å². The van der Waals surface area contributed by atoms with E-state index < -0.39 is 11.6 Å². The molecule has 1 fully saturated rings. The number of rotatable bonds is 3. The molecule has 2 aromatic rings. The summed E-state index contributed by atoms with van der Waals surface area (Å²) in [6.07, 6.45) is 0.863. The van der Waals surface area contributed by atoms with E-state index in [4.69, 9.17) is 0 Å². The van der Waals surface area contributed by atoms with Crippen molar-refractivity contribution in [2.75, 3.05) is 26.2 Å². The molecule has 24 heavy (non-hydrogen) atoms. The molecule has 3 nitrogen and oxygen atoms in total. The molecule has 1 heterocycles. The van der Waals surface area contributed by atoms with E-state index in [1.165, 1.54) is 6.07 Å². The predicted octanol–water partition coefficient (Wildman–Crippen LogP) is 3.31. The highest BCUT2D eigenvalue weighted by molar-refractivity contribution is 5.94. The summed E-state index contributed by atoms with van der Waals surface area (Å²) in [5.74, 6) is -1.59. The van der Waals surface area contributed by atoms with Crippen molar-refractivity contribution in [2.45, 2.75) is 13.0 Å². The average Bonchev–Trinajstić information content (AvgIpc) is 2.84. The van der Waals surface area contributed by atoms with Gasteiger partial charge in [0.2, 0.25) is 0 Å². The molecule has 0 saturated carbocycles. The molecule has 0 atom stereocenters. The van der Waals surface area contributed by atoms with E-state index in [2.05, 4.69) is 4.90 Å². The summed E-state index contributed by atoms with van der Waals surface area (Å²) in [5.41, 5.74) is 1.45. The van der Waals surface area contributed by atoms with Crippen molar-refractivity contribution in [1.29, 1.82) is 0 Å². The molecule has 1 saturated heterocycles. The van der Waals surface area contributed by atoms with Crippen LogP contribution in [0.5, 0.6) is 0 Å². The quantitative estimate of drug-likeness (QED) is 0.862. The number of benzene rings is 2. The predicted molar refractivity (Wildman–Crippen MR) is 88.6 cm³/mol. The van der Waals surface area contributed by atoms with Crippen LogP contribution >= 0.6 is 0 Å². The molecule has 1 amide bonds. The zero-order chi connectivity index (χ0) is 16.9. The molecule has 1 aliphatic rings. The summed E-state index contributed by atoms with van der Waals surface area (Å²) in [6.45, 7) is 3.46. The van der Waals surface area contributed by atoms with Gasteiger partial charge >= 0.3 is 0 Å². The first-order chi connectivity index (χ1) is 11.6. The summed E-state index contributed by atoms with van der Waals surface area (Å²) < 4.78 is 26.3. The first-order valence-electron chi connectivity index (χ1n) is 8.14. The Kier molecular flexibility index (Phi) is 5.20. The molecule has 0 spiro atoms. The Balaban J connectivity index is 1.60. The van der Waals surface area contributed by atoms with Gasteiger partial charge in [0, 0.05) is 38.3 Å². The van der Waals surface area contributed by atoms with Crippen molar-refractivity contribution in [3.63, 3.8) is 0 Å².